The summed E-state index contributed by atoms with van der Waals surface area (Å²) in [4.78, 5) is 38.4. The summed E-state index contributed by atoms with van der Waals surface area (Å²) >= 11 is 3.51. The first-order chi connectivity index (χ1) is 18.2. The first-order valence-corrected chi connectivity index (χ1v) is 12.6. The highest BCUT2D eigenvalue weighted by Gasteiger charge is 2.35. The minimum absolute atomic E-state index is 0.0172. The van der Waals surface area contributed by atoms with Crippen molar-refractivity contribution in [3.63, 3.8) is 0 Å². The maximum absolute atomic E-state index is 13.8. The Kier molecular flexibility index (Phi) is 8.42. The Hall–Kier alpha value is -4.18. The van der Waals surface area contributed by atoms with E-state index in [1.54, 1.807) is 18.2 Å². The van der Waals surface area contributed by atoms with Gasteiger partial charge < -0.3 is 20.1 Å². The van der Waals surface area contributed by atoms with E-state index in [2.05, 4.69) is 26.6 Å². The molecule has 196 valence electrons. The lowest BCUT2D eigenvalue weighted by molar-refractivity contribution is -0.127. The van der Waals surface area contributed by atoms with E-state index in [1.807, 2.05) is 38.1 Å². The second kappa shape index (κ2) is 11.9. The Labute approximate surface area is 227 Å². The van der Waals surface area contributed by atoms with Crippen LogP contribution in [0, 0.1) is 12.7 Å². The third kappa shape index (κ3) is 6.38. The molecule has 4 rings (SSSR count). The molecule has 0 aliphatic carbocycles. The molecule has 3 aromatic rings. The molecule has 1 aliphatic rings. The number of urea groups is 1. The minimum atomic E-state index is -0.757. The van der Waals surface area contributed by atoms with Gasteiger partial charge in [-0.25, -0.2) is 14.1 Å². The molecule has 8 nitrogen and oxygen atoms in total. The Morgan fingerprint density at radius 1 is 1.11 bits per heavy atom. The summed E-state index contributed by atoms with van der Waals surface area (Å²) in [6.07, 6.45) is 1.48. The van der Waals surface area contributed by atoms with Gasteiger partial charge in [0.25, 0.3) is 5.91 Å². The van der Waals surface area contributed by atoms with Crippen molar-refractivity contribution in [3.05, 3.63) is 93.3 Å². The Bertz CT molecular complexity index is 1430. The zero-order valence-electron chi connectivity index (χ0n) is 20.7. The highest BCUT2D eigenvalue weighted by Crippen LogP contribution is 2.38. The Morgan fingerprint density at radius 2 is 1.89 bits per heavy atom. The number of amides is 4. The number of ether oxygens (including phenoxy) is 2. The van der Waals surface area contributed by atoms with Gasteiger partial charge in [0.05, 0.1) is 16.8 Å². The fourth-order valence-electron chi connectivity index (χ4n) is 3.81. The number of carbonyl (C=O) groups excluding carboxylic acids is 3. The maximum Gasteiger partial charge on any atom is 0.329 e. The van der Waals surface area contributed by atoms with Crippen LogP contribution in [0.1, 0.15) is 23.6 Å². The molecule has 0 radical (unpaired) electrons. The van der Waals surface area contributed by atoms with Gasteiger partial charge in [-0.15, -0.1) is 0 Å². The smallest absolute Gasteiger partial charge is 0.329 e. The highest BCUT2D eigenvalue weighted by molar-refractivity contribution is 9.10. The number of anilines is 1. The van der Waals surface area contributed by atoms with Gasteiger partial charge in [0, 0.05) is 0 Å². The fraction of sp³-hybridized carbons (Fsp3) is 0.179. The molecule has 1 heterocycles. The van der Waals surface area contributed by atoms with Crippen LogP contribution in [-0.2, 0) is 16.2 Å². The molecule has 3 aromatic carbocycles. The van der Waals surface area contributed by atoms with Crippen molar-refractivity contribution < 1.29 is 28.2 Å². The number of hydrogen-bond donors (Lipinski definition) is 2. The summed E-state index contributed by atoms with van der Waals surface area (Å²) in [7, 11) is 0. The first-order valence-electron chi connectivity index (χ1n) is 11.8. The number of hydrogen-bond acceptors (Lipinski definition) is 5. The minimum Gasteiger partial charge on any atom is -0.490 e. The van der Waals surface area contributed by atoms with Crippen LogP contribution in [0.4, 0.5) is 14.9 Å². The summed E-state index contributed by atoms with van der Waals surface area (Å²) < 4.78 is 26.2. The number of rotatable bonds is 9. The topological polar surface area (TPSA) is 97.0 Å². The van der Waals surface area contributed by atoms with Gasteiger partial charge in [-0.1, -0.05) is 42.0 Å². The van der Waals surface area contributed by atoms with Crippen LogP contribution < -0.4 is 20.1 Å². The summed E-state index contributed by atoms with van der Waals surface area (Å²) in [5, 5.41) is 4.84. The zero-order chi connectivity index (χ0) is 27.2. The molecule has 0 unspecified atom stereocenters. The lowest BCUT2D eigenvalue weighted by atomic mass is 10.1. The van der Waals surface area contributed by atoms with E-state index in [-0.39, 0.29) is 11.4 Å². The van der Waals surface area contributed by atoms with E-state index < -0.39 is 30.2 Å². The molecule has 4 amide bonds. The number of para-hydroxylation sites is 1. The van der Waals surface area contributed by atoms with Crippen LogP contribution in [0.5, 0.6) is 11.5 Å². The van der Waals surface area contributed by atoms with Crippen LogP contribution in [0.3, 0.4) is 0 Å². The number of nitrogens with one attached hydrogen (secondary N) is 2. The molecule has 0 saturated carbocycles. The second-order valence-corrected chi connectivity index (χ2v) is 9.30. The lowest BCUT2D eigenvalue weighted by Crippen LogP contribution is -2.38. The molecule has 0 atom stereocenters. The van der Waals surface area contributed by atoms with Crippen molar-refractivity contribution in [2.45, 2.75) is 20.5 Å². The van der Waals surface area contributed by atoms with Gasteiger partial charge in [-0.2, -0.15) is 0 Å². The van der Waals surface area contributed by atoms with Crippen LogP contribution >= 0.6 is 15.9 Å². The van der Waals surface area contributed by atoms with Crippen molar-refractivity contribution >= 4 is 45.5 Å². The van der Waals surface area contributed by atoms with Gasteiger partial charge in [0.2, 0.25) is 5.91 Å². The highest BCUT2D eigenvalue weighted by atomic mass is 79.9. The SMILES string of the molecule is CCOc1cc(/C=C2/NC(=O)N(CC(=O)Nc3ccccc3F)C2=O)cc(Br)c1OCc1cccc(C)c1. The number of benzene rings is 3. The van der Waals surface area contributed by atoms with Crippen LogP contribution in [0.15, 0.2) is 70.8 Å². The van der Waals surface area contributed by atoms with E-state index >= 15 is 0 Å². The molecule has 1 aliphatic heterocycles. The average Bonchev–Trinajstić information content (AvgIpc) is 3.12. The molecule has 0 aromatic heterocycles. The summed E-state index contributed by atoms with van der Waals surface area (Å²) in [6.45, 7) is 3.99. The number of nitrogens with zero attached hydrogens (tertiary/aromatic N) is 1. The monoisotopic (exact) mass is 581 g/mol. The van der Waals surface area contributed by atoms with E-state index in [0.29, 0.717) is 34.7 Å². The van der Waals surface area contributed by atoms with Gasteiger partial charge in [0.15, 0.2) is 11.5 Å². The number of carbonyl (C=O) groups is 3. The molecular weight excluding hydrogens is 557 g/mol. The van der Waals surface area contributed by atoms with Crippen molar-refractivity contribution in [1.29, 1.82) is 0 Å². The predicted molar refractivity (Wildman–Crippen MR) is 144 cm³/mol. The van der Waals surface area contributed by atoms with Crippen molar-refractivity contribution in [2.24, 2.45) is 0 Å². The normalized spacial score (nSPS) is 14.0. The maximum atomic E-state index is 13.8. The third-order valence-electron chi connectivity index (χ3n) is 5.52. The lowest BCUT2D eigenvalue weighted by Gasteiger charge is -2.15. The molecule has 0 spiro atoms. The number of aryl methyl sites for hydroxylation is 1. The Morgan fingerprint density at radius 3 is 2.63 bits per heavy atom. The summed E-state index contributed by atoms with van der Waals surface area (Å²) in [5.41, 5.74) is 2.63. The van der Waals surface area contributed by atoms with E-state index in [9.17, 15) is 18.8 Å². The Balaban J connectivity index is 1.50. The largest absolute Gasteiger partial charge is 0.490 e. The zero-order valence-corrected chi connectivity index (χ0v) is 22.3. The molecule has 38 heavy (non-hydrogen) atoms. The van der Waals surface area contributed by atoms with Crippen molar-refractivity contribution in [3.8, 4) is 11.5 Å². The van der Waals surface area contributed by atoms with Gasteiger partial charge in [-0.3, -0.25) is 9.59 Å². The predicted octanol–water partition coefficient (Wildman–Crippen LogP) is 5.41. The third-order valence-corrected chi connectivity index (χ3v) is 6.11. The van der Waals surface area contributed by atoms with Crippen LogP contribution in [0.25, 0.3) is 6.08 Å². The molecule has 2 N–H and O–H groups in total. The van der Waals surface area contributed by atoms with Crippen LogP contribution in [0.2, 0.25) is 0 Å². The molecule has 10 heteroatoms. The molecule has 1 saturated heterocycles. The first kappa shape index (κ1) is 26.9. The standard InChI is InChI=1S/C28H25BrFN3O5/c1-3-37-24-14-19(12-20(29)26(24)38-16-18-8-6-7-17(2)11-18)13-23-27(35)33(28(36)32-23)15-25(34)31-22-10-5-4-9-21(22)30/h4-14H,3,15-16H2,1-2H3,(H,31,34)(H,32,36)/b23-13+. The summed E-state index contributed by atoms with van der Waals surface area (Å²) in [6, 6.07) is 16.2. The number of halogens is 2. The number of imide groups is 1. The quantitative estimate of drug-likeness (QED) is 0.260. The van der Waals surface area contributed by atoms with Gasteiger partial charge >= 0.3 is 6.03 Å². The van der Waals surface area contributed by atoms with Crippen LogP contribution in [-0.4, -0.2) is 35.9 Å². The molecular formula is C28H25BrFN3O5. The second-order valence-electron chi connectivity index (χ2n) is 8.45. The van der Waals surface area contributed by atoms with Crippen molar-refractivity contribution in [1.82, 2.24) is 10.2 Å². The summed E-state index contributed by atoms with van der Waals surface area (Å²) in [5.74, 6) is -1.06. The molecule has 1 fully saturated rings. The fourth-order valence-corrected chi connectivity index (χ4v) is 4.38. The van der Waals surface area contributed by atoms with Gasteiger partial charge in [-0.05, 0) is 71.2 Å². The van der Waals surface area contributed by atoms with E-state index in [4.69, 9.17) is 9.47 Å². The van der Waals surface area contributed by atoms with E-state index in [1.165, 1.54) is 24.3 Å². The average molecular weight is 582 g/mol. The van der Waals surface area contributed by atoms with Gasteiger partial charge in [0.1, 0.15) is 24.7 Å². The van der Waals surface area contributed by atoms with Crippen molar-refractivity contribution in [2.75, 3.05) is 18.5 Å². The molecule has 0 bridgehead atoms. The van der Waals surface area contributed by atoms with E-state index in [0.717, 1.165) is 16.0 Å².